The Labute approximate surface area is 77.6 Å². The van der Waals surface area contributed by atoms with Gasteiger partial charge in [0.15, 0.2) is 0 Å². The van der Waals surface area contributed by atoms with Gasteiger partial charge in [-0.05, 0) is 37.0 Å². The third-order valence-corrected chi connectivity index (χ3v) is 2.78. The normalized spacial score (nSPS) is 32.7. The van der Waals surface area contributed by atoms with Crippen molar-refractivity contribution in [3.05, 3.63) is 29.6 Å². The maximum absolute atomic E-state index is 9.24. The average molecular weight is 178 g/mol. The van der Waals surface area contributed by atoms with Crippen LogP contribution in [0.2, 0.25) is 0 Å². The largest absolute Gasteiger partial charge is 0.393 e. The number of nitrogens with zero attached hydrogens (tertiary/aromatic N) is 1. The molecule has 1 aliphatic rings. The second-order valence-corrected chi connectivity index (χ2v) is 3.91. The summed E-state index contributed by atoms with van der Waals surface area (Å²) in [6, 6.07) is 1.95. The molecule has 0 spiro atoms. The number of pyridine rings is 1. The second-order valence-electron chi connectivity index (χ2n) is 3.91. The van der Waals surface area contributed by atoms with E-state index in [1.165, 1.54) is 0 Å². The molecular formula is C10H14N2O. The van der Waals surface area contributed by atoms with Crippen LogP contribution in [0, 0.1) is 6.92 Å². The van der Waals surface area contributed by atoms with Crippen molar-refractivity contribution in [2.24, 2.45) is 5.73 Å². The Morgan fingerprint density at radius 2 is 2.31 bits per heavy atom. The van der Waals surface area contributed by atoms with Gasteiger partial charge in [-0.15, -0.1) is 0 Å². The maximum Gasteiger partial charge on any atom is 0.0582 e. The van der Waals surface area contributed by atoms with Crippen molar-refractivity contribution in [2.45, 2.75) is 31.4 Å². The number of hydrogen-bond acceptors (Lipinski definition) is 3. The fraction of sp³-hybridized carbons (Fsp3) is 0.500. The fourth-order valence-electron chi connectivity index (χ4n) is 1.99. The van der Waals surface area contributed by atoms with Crippen LogP contribution >= 0.6 is 0 Å². The van der Waals surface area contributed by atoms with Crippen molar-refractivity contribution >= 4 is 0 Å². The highest BCUT2D eigenvalue weighted by atomic mass is 16.3. The molecule has 1 aliphatic carbocycles. The van der Waals surface area contributed by atoms with Gasteiger partial charge in [-0.1, -0.05) is 0 Å². The number of aromatic nitrogens is 1. The number of aliphatic hydroxyl groups is 1. The lowest BCUT2D eigenvalue weighted by Crippen LogP contribution is -2.52. The standard InChI is InChI=1S/C10H14N2O/c1-7-2-3-12-6-9(7)10(11)4-8(13)5-10/h2-3,6,8,13H,4-5,11H2,1H3. The zero-order chi connectivity index (χ0) is 9.47. The lowest BCUT2D eigenvalue weighted by molar-refractivity contribution is 0.0205. The van der Waals surface area contributed by atoms with Crippen LogP contribution < -0.4 is 5.73 Å². The van der Waals surface area contributed by atoms with Crippen LogP contribution in [0.1, 0.15) is 24.0 Å². The van der Waals surface area contributed by atoms with Crippen LogP contribution in [0.15, 0.2) is 18.5 Å². The third-order valence-electron chi connectivity index (χ3n) is 2.78. The van der Waals surface area contributed by atoms with E-state index in [2.05, 4.69) is 4.98 Å². The molecule has 0 saturated heterocycles. The van der Waals surface area contributed by atoms with E-state index in [0.717, 1.165) is 11.1 Å². The summed E-state index contributed by atoms with van der Waals surface area (Å²) in [7, 11) is 0. The van der Waals surface area contributed by atoms with Gasteiger partial charge >= 0.3 is 0 Å². The molecule has 70 valence electrons. The topological polar surface area (TPSA) is 59.1 Å². The van der Waals surface area contributed by atoms with Crippen molar-refractivity contribution in [1.82, 2.24) is 4.98 Å². The molecule has 0 atom stereocenters. The molecule has 1 heterocycles. The van der Waals surface area contributed by atoms with Gasteiger partial charge in [0.2, 0.25) is 0 Å². The van der Waals surface area contributed by atoms with Crippen LogP contribution in [0.5, 0.6) is 0 Å². The summed E-state index contributed by atoms with van der Waals surface area (Å²) in [5.74, 6) is 0. The van der Waals surface area contributed by atoms with Crippen LogP contribution in [-0.4, -0.2) is 16.2 Å². The van der Waals surface area contributed by atoms with Gasteiger partial charge in [-0.25, -0.2) is 0 Å². The van der Waals surface area contributed by atoms with E-state index in [4.69, 9.17) is 5.73 Å². The molecule has 1 aromatic heterocycles. The van der Waals surface area contributed by atoms with Crippen molar-refractivity contribution in [3.8, 4) is 0 Å². The van der Waals surface area contributed by atoms with E-state index in [1.54, 1.807) is 12.4 Å². The molecule has 1 aromatic rings. The lowest BCUT2D eigenvalue weighted by Gasteiger charge is -2.43. The molecule has 3 N–H and O–H groups in total. The van der Waals surface area contributed by atoms with E-state index < -0.39 is 0 Å². The van der Waals surface area contributed by atoms with E-state index in [-0.39, 0.29) is 11.6 Å². The smallest absolute Gasteiger partial charge is 0.0582 e. The molecule has 0 aliphatic heterocycles. The first-order valence-corrected chi connectivity index (χ1v) is 4.50. The van der Waals surface area contributed by atoms with Gasteiger partial charge in [0, 0.05) is 17.9 Å². The summed E-state index contributed by atoms with van der Waals surface area (Å²) < 4.78 is 0. The highest BCUT2D eigenvalue weighted by molar-refractivity contribution is 5.32. The Morgan fingerprint density at radius 1 is 1.62 bits per heavy atom. The van der Waals surface area contributed by atoms with Gasteiger partial charge in [0.25, 0.3) is 0 Å². The number of nitrogens with two attached hydrogens (primary N) is 1. The van der Waals surface area contributed by atoms with Crippen molar-refractivity contribution < 1.29 is 5.11 Å². The Bertz CT molecular complexity index is 318. The molecule has 0 radical (unpaired) electrons. The molecule has 2 rings (SSSR count). The first-order chi connectivity index (χ1) is 6.12. The predicted molar refractivity (Wildman–Crippen MR) is 50.1 cm³/mol. The van der Waals surface area contributed by atoms with Crippen LogP contribution in [-0.2, 0) is 5.54 Å². The second kappa shape index (κ2) is 2.79. The molecule has 0 unspecified atom stereocenters. The SMILES string of the molecule is Cc1ccncc1C1(N)CC(O)C1. The maximum atomic E-state index is 9.24. The summed E-state index contributed by atoms with van der Waals surface area (Å²) in [4.78, 5) is 4.06. The monoisotopic (exact) mass is 178 g/mol. The first kappa shape index (κ1) is 8.66. The number of hydrogen-bond donors (Lipinski definition) is 2. The van der Waals surface area contributed by atoms with Gasteiger partial charge < -0.3 is 10.8 Å². The molecule has 0 aromatic carbocycles. The average Bonchev–Trinajstić information content (AvgIpc) is 2.02. The lowest BCUT2D eigenvalue weighted by atomic mass is 9.70. The molecule has 13 heavy (non-hydrogen) atoms. The quantitative estimate of drug-likeness (QED) is 0.665. The third kappa shape index (κ3) is 1.34. The molecule has 0 bridgehead atoms. The molecule has 0 amide bonds. The fourth-order valence-corrected chi connectivity index (χ4v) is 1.99. The minimum absolute atomic E-state index is 0.232. The molecule has 3 nitrogen and oxygen atoms in total. The van der Waals surface area contributed by atoms with Crippen LogP contribution in [0.4, 0.5) is 0 Å². The van der Waals surface area contributed by atoms with Crippen molar-refractivity contribution in [1.29, 1.82) is 0 Å². The number of rotatable bonds is 1. The van der Waals surface area contributed by atoms with Crippen molar-refractivity contribution in [3.63, 3.8) is 0 Å². The molecule has 1 fully saturated rings. The molecular weight excluding hydrogens is 164 g/mol. The minimum atomic E-state index is -0.336. The Morgan fingerprint density at radius 3 is 2.85 bits per heavy atom. The van der Waals surface area contributed by atoms with Gasteiger partial charge in [0.05, 0.1) is 6.10 Å². The predicted octanol–water partition coefficient (Wildman–Crippen LogP) is 0.699. The van der Waals surface area contributed by atoms with Gasteiger partial charge in [-0.2, -0.15) is 0 Å². The van der Waals surface area contributed by atoms with E-state index in [9.17, 15) is 5.11 Å². The zero-order valence-electron chi connectivity index (χ0n) is 7.70. The Balaban J connectivity index is 2.31. The summed E-state index contributed by atoms with van der Waals surface area (Å²) >= 11 is 0. The molecule has 3 heteroatoms. The summed E-state index contributed by atoms with van der Waals surface area (Å²) in [5, 5.41) is 9.24. The van der Waals surface area contributed by atoms with E-state index >= 15 is 0 Å². The van der Waals surface area contributed by atoms with Crippen LogP contribution in [0.25, 0.3) is 0 Å². The van der Waals surface area contributed by atoms with Gasteiger partial charge in [0.1, 0.15) is 0 Å². The van der Waals surface area contributed by atoms with Gasteiger partial charge in [-0.3, -0.25) is 4.98 Å². The highest BCUT2D eigenvalue weighted by Gasteiger charge is 2.42. The zero-order valence-corrected chi connectivity index (χ0v) is 7.70. The van der Waals surface area contributed by atoms with Crippen LogP contribution in [0.3, 0.4) is 0 Å². The summed E-state index contributed by atoms with van der Waals surface area (Å²) in [6.07, 6.45) is 4.64. The number of aryl methyl sites for hydroxylation is 1. The minimum Gasteiger partial charge on any atom is -0.393 e. The van der Waals surface area contributed by atoms with E-state index in [1.807, 2.05) is 13.0 Å². The Hall–Kier alpha value is -0.930. The highest BCUT2D eigenvalue weighted by Crippen LogP contribution is 2.39. The number of aliphatic hydroxyl groups excluding tert-OH is 1. The van der Waals surface area contributed by atoms with E-state index in [0.29, 0.717) is 12.8 Å². The summed E-state index contributed by atoms with van der Waals surface area (Å²) in [5.41, 5.74) is 8.01. The first-order valence-electron chi connectivity index (χ1n) is 4.50. The molecule has 1 saturated carbocycles. The summed E-state index contributed by atoms with van der Waals surface area (Å²) in [6.45, 7) is 2.02. The Kier molecular flexibility index (Phi) is 1.86. The van der Waals surface area contributed by atoms with Crippen molar-refractivity contribution in [2.75, 3.05) is 0 Å².